The normalized spacial score (nSPS) is 8.43. The first kappa shape index (κ1) is 12.5. The maximum absolute atomic E-state index is 10.8. The number of ether oxygens (including phenoxy) is 2. The molecule has 78 valence electrons. The van der Waals surface area contributed by atoms with Crippen LogP contribution in [0.4, 0.5) is 0 Å². The Balaban J connectivity index is 3.62. The van der Waals surface area contributed by atoms with Gasteiger partial charge in [0.15, 0.2) is 0 Å². The van der Waals surface area contributed by atoms with Crippen molar-refractivity contribution >= 4 is 11.9 Å². The SMILES string of the molecule is CCOC(=O)CC#CCC(=O)OCC. The average molecular weight is 198 g/mol. The van der Waals surface area contributed by atoms with E-state index in [2.05, 4.69) is 21.3 Å². The molecule has 0 unspecified atom stereocenters. The first-order chi connectivity index (χ1) is 6.70. The van der Waals surface area contributed by atoms with E-state index in [1.54, 1.807) is 13.8 Å². The monoisotopic (exact) mass is 198 g/mol. The maximum Gasteiger partial charge on any atom is 0.317 e. The molecule has 0 aliphatic carbocycles. The van der Waals surface area contributed by atoms with Gasteiger partial charge in [-0.1, -0.05) is 11.8 Å². The highest BCUT2D eigenvalue weighted by Gasteiger charge is 1.98. The van der Waals surface area contributed by atoms with Crippen LogP contribution in [0, 0.1) is 11.8 Å². The van der Waals surface area contributed by atoms with Crippen molar-refractivity contribution in [1.82, 2.24) is 0 Å². The van der Waals surface area contributed by atoms with Crippen LogP contribution in [0.1, 0.15) is 26.7 Å². The molecule has 0 aliphatic rings. The van der Waals surface area contributed by atoms with Gasteiger partial charge in [0.25, 0.3) is 0 Å². The molecule has 4 heteroatoms. The lowest BCUT2D eigenvalue weighted by Gasteiger charge is -1.95. The Bertz CT molecular complexity index is 223. The summed E-state index contributed by atoms with van der Waals surface area (Å²) in [5, 5.41) is 0. The van der Waals surface area contributed by atoms with Crippen molar-refractivity contribution < 1.29 is 19.1 Å². The summed E-state index contributed by atoms with van der Waals surface area (Å²) >= 11 is 0. The molecule has 14 heavy (non-hydrogen) atoms. The van der Waals surface area contributed by atoms with E-state index in [9.17, 15) is 9.59 Å². The second-order valence-electron chi connectivity index (χ2n) is 2.32. The quantitative estimate of drug-likeness (QED) is 0.497. The van der Waals surface area contributed by atoms with Crippen LogP contribution in [-0.4, -0.2) is 25.2 Å². The third-order valence-electron chi connectivity index (χ3n) is 1.20. The number of esters is 2. The second kappa shape index (κ2) is 8.11. The van der Waals surface area contributed by atoms with E-state index in [0.29, 0.717) is 13.2 Å². The molecule has 0 aromatic heterocycles. The Kier molecular flexibility index (Phi) is 7.24. The first-order valence-corrected chi connectivity index (χ1v) is 4.47. The highest BCUT2D eigenvalue weighted by Crippen LogP contribution is 1.86. The average Bonchev–Trinajstić information content (AvgIpc) is 2.13. The van der Waals surface area contributed by atoms with Gasteiger partial charge >= 0.3 is 11.9 Å². The van der Waals surface area contributed by atoms with Gasteiger partial charge in [-0.2, -0.15) is 0 Å². The fourth-order valence-corrected chi connectivity index (χ4v) is 0.693. The van der Waals surface area contributed by atoms with Crippen LogP contribution in [0.3, 0.4) is 0 Å². The standard InChI is InChI=1S/C10H14O4/c1-3-13-9(11)7-5-6-8-10(12)14-4-2/h3-4,7-8H2,1-2H3. The summed E-state index contributed by atoms with van der Waals surface area (Å²) in [6.45, 7) is 4.14. The molecule has 0 saturated heterocycles. The lowest BCUT2D eigenvalue weighted by Crippen LogP contribution is -2.03. The molecule has 0 aromatic carbocycles. The molecular formula is C10H14O4. The van der Waals surface area contributed by atoms with E-state index in [1.165, 1.54) is 0 Å². The Hall–Kier alpha value is -1.50. The summed E-state index contributed by atoms with van der Waals surface area (Å²) in [6, 6.07) is 0. The van der Waals surface area contributed by atoms with Gasteiger partial charge in [-0.3, -0.25) is 9.59 Å². The van der Waals surface area contributed by atoms with E-state index in [4.69, 9.17) is 0 Å². The fourth-order valence-electron chi connectivity index (χ4n) is 0.693. The van der Waals surface area contributed by atoms with Gasteiger partial charge in [0.2, 0.25) is 0 Å². The van der Waals surface area contributed by atoms with E-state index in [-0.39, 0.29) is 24.8 Å². The molecule has 0 atom stereocenters. The minimum Gasteiger partial charge on any atom is -0.465 e. The molecule has 4 nitrogen and oxygen atoms in total. The van der Waals surface area contributed by atoms with E-state index >= 15 is 0 Å². The minimum atomic E-state index is -0.371. The van der Waals surface area contributed by atoms with Gasteiger partial charge in [-0.15, -0.1) is 0 Å². The first-order valence-electron chi connectivity index (χ1n) is 4.47. The number of carbonyl (C=O) groups is 2. The number of rotatable bonds is 4. The van der Waals surface area contributed by atoms with E-state index in [0.717, 1.165) is 0 Å². The molecular weight excluding hydrogens is 184 g/mol. The van der Waals surface area contributed by atoms with Crippen LogP contribution in [0.15, 0.2) is 0 Å². The predicted octanol–water partition coefficient (Wildman–Crippen LogP) is 0.896. The molecule has 0 aromatic rings. The number of carbonyl (C=O) groups excluding carboxylic acids is 2. The summed E-state index contributed by atoms with van der Waals surface area (Å²) in [5.74, 6) is 4.32. The molecule has 0 radical (unpaired) electrons. The highest BCUT2D eigenvalue weighted by atomic mass is 16.5. The molecule has 0 bridgehead atoms. The van der Waals surface area contributed by atoms with Crippen LogP contribution in [0.25, 0.3) is 0 Å². The molecule has 0 saturated carbocycles. The molecule has 0 N–H and O–H groups in total. The largest absolute Gasteiger partial charge is 0.465 e. The third-order valence-corrected chi connectivity index (χ3v) is 1.20. The van der Waals surface area contributed by atoms with Crippen LogP contribution in [0.2, 0.25) is 0 Å². The van der Waals surface area contributed by atoms with Crippen molar-refractivity contribution in [3.63, 3.8) is 0 Å². The van der Waals surface area contributed by atoms with E-state index < -0.39 is 0 Å². The minimum absolute atomic E-state index is 0.0211. The van der Waals surface area contributed by atoms with Crippen LogP contribution >= 0.6 is 0 Å². The second-order valence-corrected chi connectivity index (χ2v) is 2.32. The Labute approximate surface area is 83.6 Å². The zero-order valence-corrected chi connectivity index (χ0v) is 8.46. The molecule has 0 fully saturated rings. The molecule has 0 rings (SSSR count). The number of hydrogen-bond acceptors (Lipinski definition) is 4. The van der Waals surface area contributed by atoms with Crippen molar-refractivity contribution in [1.29, 1.82) is 0 Å². The van der Waals surface area contributed by atoms with Gasteiger partial charge in [-0.05, 0) is 13.8 Å². The smallest absolute Gasteiger partial charge is 0.317 e. The van der Waals surface area contributed by atoms with Crippen molar-refractivity contribution in [3.8, 4) is 11.8 Å². The predicted molar refractivity (Wildman–Crippen MR) is 50.3 cm³/mol. The zero-order valence-electron chi connectivity index (χ0n) is 8.46. The fraction of sp³-hybridized carbons (Fsp3) is 0.600. The van der Waals surface area contributed by atoms with Gasteiger partial charge in [0, 0.05) is 0 Å². The molecule has 0 amide bonds. The lowest BCUT2D eigenvalue weighted by atomic mass is 10.4. The van der Waals surface area contributed by atoms with Crippen molar-refractivity contribution in [3.05, 3.63) is 0 Å². The summed E-state index contributed by atoms with van der Waals surface area (Å²) in [4.78, 5) is 21.5. The van der Waals surface area contributed by atoms with Gasteiger partial charge in [0.05, 0.1) is 13.2 Å². The van der Waals surface area contributed by atoms with Crippen molar-refractivity contribution in [2.75, 3.05) is 13.2 Å². The number of hydrogen-bond donors (Lipinski definition) is 0. The topological polar surface area (TPSA) is 52.6 Å². The Morgan fingerprint density at radius 3 is 1.57 bits per heavy atom. The van der Waals surface area contributed by atoms with Crippen LogP contribution < -0.4 is 0 Å². The zero-order chi connectivity index (χ0) is 10.8. The van der Waals surface area contributed by atoms with Crippen molar-refractivity contribution in [2.24, 2.45) is 0 Å². The van der Waals surface area contributed by atoms with Crippen LogP contribution in [-0.2, 0) is 19.1 Å². The maximum atomic E-state index is 10.8. The summed E-state index contributed by atoms with van der Waals surface area (Å²) < 4.78 is 9.28. The van der Waals surface area contributed by atoms with Crippen LogP contribution in [0.5, 0.6) is 0 Å². The van der Waals surface area contributed by atoms with Gasteiger partial charge in [0.1, 0.15) is 12.8 Å². The Morgan fingerprint density at radius 1 is 0.929 bits per heavy atom. The van der Waals surface area contributed by atoms with Crippen molar-refractivity contribution in [2.45, 2.75) is 26.7 Å². The summed E-state index contributed by atoms with van der Waals surface area (Å²) in [6.07, 6.45) is 0.0422. The van der Waals surface area contributed by atoms with E-state index in [1.807, 2.05) is 0 Å². The molecule has 0 aliphatic heterocycles. The third kappa shape index (κ3) is 7.17. The molecule has 0 heterocycles. The molecule has 0 spiro atoms. The highest BCUT2D eigenvalue weighted by molar-refractivity contribution is 5.74. The lowest BCUT2D eigenvalue weighted by molar-refractivity contribution is -0.143. The summed E-state index contributed by atoms with van der Waals surface area (Å²) in [5.41, 5.74) is 0. The summed E-state index contributed by atoms with van der Waals surface area (Å²) in [7, 11) is 0. The van der Waals surface area contributed by atoms with Gasteiger partial charge < -0.3 is 9.47 Å². The van der Waals surface area contributed by atoms with Gasteiger partial charge in [-0.25, -0.2) is 0 Å². The Morgan fingerprint density at radius 2 is 1.29 bits per heavy atom.